The lowest BCUT2D eigenvalue weighted by molar-refractivity contribution is 0.0930. The predicted octanol–water partition coefficient (Wildman–Crippen LogP) is 4.04. The number of carbonyl (C=O) groups excluding carboxylic acids is 1. The summed E-state index contributed by atoms with van der Waals surface area (Å²) < 4.78 is 5.76. The summed E-state index contributed by atoms with van der Waals surface area (Å²) in [5.41, 5.74) is 1.73. The second-order valence-electron chi connectivity index (χ2n) is 5.81. The first kappa shape index (κ1) is 16.1. The van der Waals surface area contributed by atoms with Crippen LogP contribution in [0.4, 0.5) is 0 Å². The highest BCUT2D eigenvalue weighted by atomic mass is 16.5. The third kappa shape index (κ3) is 4.62. The van der Waals surface area contributed by atoms with Gasteiger partial charge in [0.05, 0.1) is 0 Å². The Balaban J connectivity index is 1.99. The molecule has 3 heteroatoms. The molecule has 0 fully saturated rings. The average molecular weight is 297 g/mol. The van der Waals surface area contributed by atoms with Crippen molar-refractivity contribution in [1.29, 1.82) is 0 Å². The first-order valence-corrected chi connectivity index (χ1v) is 7.64. The number of carbonyl (C=O) groups is 1. The van der Waals surface area contributed by atoms with Gasteiger partial charge in [-0.2, -0.15) is 0 Å². The molecule has 0 aliphatic rings. The zero-order valence-corrected chi connectivity index (χ0v) is 13.4. The molecule has 0 bridgehead atoms. The van der Waals surface area contributed by atoms with Gasteiger partial charge in [0.25, 0.3) is 5.91 Å². The summed E-state index contributed by atoms with van der Waals surface area (Å²) in [6.07, 6.45) is 0. The largest absolute Gasteiger partial charge is 0.489 e. The molecule has 0 aliphatic heterocycles. The normalized spacial score (nSPS) is 12.0. The SMILES string of the molecule is CC(C)C(C)NC(=O)c1cccc(OCc2ccccc2)c1. The molecule has 1 unspecified atom stereocenters. The van der Waals surface area contributed by atoms with Gasteiger partial charge < -0.3 is 10.1 Å². The third-order valence-electron chi connectivity index (χ3n) is 3.70. The molecule has 0 spiro atoms. The minimum atomic E-state index is -0.0636. The van der Waals surface area contributed by atoms with E-state index in [1.165, 1.54) is 0 Å². The monoisotopic (exact) mass is 297 g/mol. The molecule has 2 aromatic carbocycles. The van der Waals surface area contributed by atoms with Crippen molar-refractivity contribution < 1.29 is 9.53 Å². The number of nitrogens with one attached hydrogen (secondary N) is 1. The van der Waals surface area contributed by atoms with Crippen LogP contribution in [0.5, 0.6) is 5.75 Å². The molecule has 0 heterocycles. The molecule has 0 radical (unpaired) electrons. The van der Waals surface area contributed by atoms with Crippen molar-refractivity contribution in [2.75, 3.05) is 0 Å². The fourth-order valence-corrected chi connectivity index (χ4v) is 1.92. The topological polar surface area (TPSA) is 38.3 Å². The quantitative estimate of drug-likeness (QED) is 0.874. The molecular formula is C19H23NO2. The number of amides is 1. The molecule has 1 atom stereocenters. The van der Waals surface area contributed by atoms with Crippen LogP contribution < -0.4 is 10.1 Å². The third-order valence-corrected chi connectivity index (χ3v) is 3.70. The van der Waals surface area contributed by atoms with E-state index in [-0.39, 0.29) is 11.9 Å². The molecule has 0 saturated heterocycles. The lowest BCUT2D eigenvalue weighted by Gasteiger charge is -2.17. The van der Waals surface area contributed by atoms with Gasteiger partial charge in [-0.25, -0.2) is 0 Å². The lowest BCUT2D eigenvalue weighted by atomic mass is 10.1. The van der Waals surface area contributed by atoms with Crippen molar-refractivity contribution in [2.45, 2.75) is 33.4 Å². The molecule has 0 aromatic heterocycles. The molecular weight excluding hydrogens is 274 g/mol. The maximum atomic E-state index is 12.2. The van der Waals surface area contributed by atoms with E-state index in [2.05, 4.69) is 19.2 Å². The molecule has 2 rings (SSSR count). The van der Waals surface area contributed by atoms with Crippen molar-refractivity contribution >= 4 is 5.91 Å². The Hall–Kier alpha value is -2.29. The van der Waals surface area contributed by atoms with Gasteiger partial charge in [-0.3, -0.25) is 4.79 Å². The van der Waals surface area contributed by atoms with E-state index in [0.717, 1.165) is 5.56 Å². The molecule has 1 N–H and O–H groups in total. The fraction of sp³-hybridized carbons (Fsp3) is 0.316. The van der Waals surface area contributed by atoms with Crippen LogP contribution >= 0.6 is 0 Å². The summed E-state index contributed by atoms with van der Waals surface area (Å²) in [6.45, 7) is 6.68. The van der Waals surface area contributed by atoms with Crippen LogP contribution in [0.3, 0.4) is 0 Å². The van der Waals surface area contributed by atoms with E-state index in [9.17, 15) is 4.79 Å². The number of hydrogen-bond acceptors (Lipinski definition) is 2. The molecule has 0 aliphatic carbocycles. The standard InChI is InChI=1S/C19H23NO2/c1-14(2)15(3)20-19(21)17-10-7-11-18(12-17)22-13-16-8-5-4-6-9-16/h4-12,14-15H,13H2,1-3H3,(H,20,21). The predicted molar refractivity (Wildman–Crippen MR) is 89.0 cm³/mol. The summed E-state index contributed by atoms with van der Waals surface area (Å²) >= 11 is 0. The Morgan fingerprint density at radius 1 is 1.05 bits per heavy atom. The van der Waals surface area contributed by atoms with Crippen LogP contribution in [-0.4, -0.2) is 11.9 Å². The van der Waals surface area contributed by atoms with Gasteiger partial charge in [0, 0.05) is 11.6 Å². The van der Waals surface area contributed by atoms with Gasteiger partial charge in [0.1, 0.15) is 12.4 Å². The Labute approximate surface area is 132 Å². The molecule has 3 nitrogen and oxygen atoms in total. The van der Waals surface area contributed by atoms with Crippen LogP contribution in [0.1, 0.15) is 36.7 Å². The Bertz CT molecular complexity index is 608. The van der Waals surface area contributed by atoms with Crippen molar-refractivity contribution in [1.82, 2.24) is 5.32 Å². The van der Waals surface area contributed by atoms with Gasteiger partial charge in [0.2, 0.25) is 0 Å². The highest BCUT2D eigenvalue weighted by Crippen LogP contribution is 2.15. The summed E-state index contributed by atoms with van der Waals surface area (Å²) in [6, 6.07) is 17.4. The zero-order chi connectivity index (χ0) is 15.9. The first-order valence-electron chi connectivity index (χ1n) is 7.64. The molecule has 1 amide bonds. The number of hydrogen-bond donors (Lipinski definition) is 1. The molecule has 2 aromatic rings. The van der Waals surface area contributed by atoms with Gasteiger partial charge in [0.15, 0.2) is 0 Å². The summed E-state index contributed by atoms with van der Waals surface area (Å²) in [7, 11) is 0. The summed E-state index contributed by atoms with van der Waals surface area (Å²) in [5, 5.41) is 3.00. The fourth-order valence-electron chi connectivity index (χ4n) is 1.92. The van der Waals surface area contributed by atoms with Crippen molar-refractivity contribution in [3.8, 4) is 5.75 Å². The Morgan fingerprint density at radius 3 is 2.45 bits per heavy atom. The number of rotatable bonds is 6. The van der Waals surface area contributed by atoms with E-state index in [0.29, 0.717) is 23.8 Å². The number of benzene rings is 2. The van der Waals surface area contributed by atoms with E-state index in [4.69, 9.17) is 4.74 Å². The second kappa shape index (κ2) is 7.64. The molecule has 22 heavy (non-hydrogen) atoms. The number of ether oxygens (including phenoxy) is 1. The lowest BCUT2D eigenvalue weighted by Crippen LogP contribution is -2.36. The van der Waals surface area contributed by atoms with Gasteiger partial charge >= 0.3 is 0 Å². The van der Waals surface area contributed by atoms with Crippen molar-refractivity contribution in [3.05, 3.63) is 65.7 Å². The Morgan fingerprint density at radius 2 is 1.77 bits per heavy atom. The van der Waals surface area contributed by atoms with E-state index < -0.39 is 0 Å². The first-order chi connectivity index (χ1) is 10.6. The Kier molecular flexibility index (Phi) is 5.59. The van der Waals surface area contributed by atoms with Crippen molar-refractivity contribution in [3.63, 3.8) is 0 Å². The van der Waals surface area contributed by atoms with E-state index >= 15 is 0 Å². The van der Waals surface area contributed by atoms with Crippen LogP contribution in [0.2, 0.25) is 0 Å². The maximum Gasteiger partial charge on any atom is 0.251 e. The zero-order valence-electron chi connectivity index (χ0n) is 13.4. The van der Waals surface area contributed by atoms with Gasteiger partial charge in [-0.15, -0.1) is 0 Å². The molecule has 116 valence electrons. The smallest absolute Gasteiger partial charge is 0.251 e. The van der Waals surface area contributed by atoms with Gasteiger partial charge in [-0.1, -0.05) is 50.2 Å². The summed E-state index contributed by atoms with van der Waals surface area (Å²) in [5.74, 6) is 1.04. The average Bonchev–Trinajstić information content (AvgIpc) is 2.54. The minimum Gasteiger partial charge on any atom is -0.489 e. The van der Waals surface area contributed by atoms with Crippen LogP contribution in [-0.2, 0) is 6.61 Å². The summed E-state index contributed by atoms with van der Waals surface area (Å²) in [4.78, 5) is 12.2. The minimum absolute atomic E-state index is 0.0636. The van der Waals surface area contributed by atoms with Crippen LogP contribution in [0.25, 0.3) is 0 Å². The highest BCUT2D eigenvalue weighted by molar-refractivity contribution is 5.94. The molecule has 0 saturated carbocycles. The van der Waals surface area contributed by atoms with Gasteiger partial charge in [-0.05, 0) is 36.6 Å². The maximum absolute atomic E-state index is 12.2. The van der Waals surface area contributed by atoms with Crippen molar-refractivity contribution in [2.24, 2.45) is 5.92 Å². The van der Waals surface area contributed by atoms with E-state index in [1.54, 1.807) is 12.1 Å². The van der Waals surface area contributed by atoms with E-state index in [1.807, 2.05) is 49.4 Å². The van der Waals surface area contributed by atoms with Crippen LogP contribution in [0.15, 0.2) is 54.6 Å². The second-order valence-corrected chi connectivity index (χ2v) is 5.81. The van der Waals surface area contributed by atoms with Crippen LogP contribution in [0, 0.1) is 5.92 Å². The highest BCUT2D eigenvalue weighted by Gasteiger charge is 2.12.